The Bertz CT molecular complexity index is 291. The van der Waals surface area contributed by atoms with Gasteiger partial charge in [0, 0.05) is 5.57 Å². The standard InChI is InChI=1S/C7H12O2.C3H2F6O/c1-5(2)7(8)9-6(3)4;4-2(5,6)1(10)3(7,8)9/h6H,1H2,2-4H3;1,10H. The minimum Gasteiger partial charge on any atom is -0.460 e. The van der Waals surface area contributed by atoms with E-state index < -0.39 is 18.5 Å². The summed E-state index contributed by atoms with van der Waals surface area (Å²) in [5.41, 5.74) is 0.448. The van der Waals surface area contributed by atoms with Crippen LogP contribution in [0.15, 0.2) is 12.2 Å². The molecule has 0 heterocycles. The van der Waals surface area contributed by atoms with Gasteiger partial charge < -0.3 is 9.84 Å². The largest absolute Gasteiger partial charge is 0.460 e. The molecule has 0 saturated carbocycles. The maximum Gasteiger partial charge on any atom is 0.423 e. The van der Waals surface area contributed by atoms with Crippen molar-refractivity contribution in [1.29, 1.82) is 0 Å². The second-order valence-electron chi connectivity index (χ2n) is 3.72. The number of hydrogen-bond acceptors (Lipinski definition) is 3. The van der Waals surface area contributed by atoms with Gasteiger partial charge in [0.2, 0.25) is 6.10 Å². The van der Waals surface area contributed by atoms with Gasteiger partial charge in [-0.15, -0.1) is 0 Å². The SMILES string of the molecule is C=C(C)C(=O)OC(C)C.OC(C(F)(F)F)C(F)(F)F. The Morgan fingerprint density at radius 3 is 1.47 bits per heavy atom. The first-order chi connectivity index (χ1) is 8.19. The minimum atomic E-state index is -5.63. The van der Waals surface area contributed by atoms with Crippen molar-refractivity contribution < 1.29 is 41.0 Å². The van der Waals surface area contributed by atoms with E-state index in [0.29, 0.717) is 5.57 Å². The number of alkyl halides is 6. The highest BCUT2D eigenvalue weighted by Gasteiger charge is 2.55. The number of esters is 1. The van der Waals surface area contributed by atoms with E-state index >= 15 is 0 Å². The van der Waals surface area contributed by atoms with Gasteiger partial charge in [0.05, 0.1) is 6.10 Å². The molecule has 0 aromatic heterocycles. The van der Waals surface area contributed by atoms with Crippen LogP contribution in [-0.4, -0.2) is 35.6 Å². The molecule has 0 atom stereocenters. The second kappa shape index (κ2) is 7.37. The number of ether oxygens (including phenoxy) is 1. The first-order valence-electron chi connectivity index (χ1n) is 4.87. The third kappa shape index (κ3) is 10.4. The number of hydrogen-bond donors (Lipinski definition) is 1. The van der Waals surface area contributed by atoms with Crippen LogP contribution >= 0.6 is 0 Å². The van der Waals surface area contributed by atoms with Crippen molar-refractivity contribution >= 4 is 5.97 Å². The van der Waals surface area contributed by atoms with E-state index in [1.54, 1.807) is 20.8 Å². The Balaban J connectivity index is 0. The second-order valence-corrected chi connectivity index (χ2v) is 3.72. The van der Waals surface area contributed by atoms with E-state index in [0.717, 1.165) is 0 Å². The highest BCUT2D eigenvalue weighted by atomic mass is 19.4. The molecule has 0 saturated heterocycles. The molecule has 0 bridgehead atoms. The summed E-state index contributed by atoms with van der Waals surface area (Å²) in [6.07, 6.45) is -15.5. The van der Waals surface area contributed by atoms with E-state index in [1.165, 1.54) is 0 Å². The lowest BCUT2D eigenvalue weighted by molar-refractivity contribution is -0.308. The summed E-state index contributed by atoms with van der Waals surface area (Å²) in [5, 5.41) is 7.47. The molecule has 0 aromatic carbocycles. The van der Waals surface area contributed by atoms with Gasteiger partial charge in [-0.2, -0.15) is 26.3 Å². The monoisotopic (exact) mass is 296 g/mol. The lowest BCUT2D eigenvalue weighted by atomic mass is 10.3. The molecule has 0 aliphatic heterocycles. The molecule has 19 heavy (non-hydrogen) atoms. The number of halogens is 6. The van der Waals surface area contributed by atoms with Gasteiger partial charge in [0.25, 0.3) is 0 Å². The maximum absolute atomic E-state index is 11.0. The highest BCUT2D eigenvalue weighted by Crippen LogP contribution is 2.32. The molecule has 0 unspecified atom stereocenters. The molecule has 0 aliphatic carbocycles. The van der Waals surface area contributed by atoms with Gasteiger partial charge in [-0.1, -0.05) is 6.58 Å². The molecule has 0 amide bonds. The van der Waals surface area contributed by atoms with E-state index in [-0.39, 0.29) is 12.1 Å². The summed E-state index contributed by atoms with van der Waals surface area (Å²) in [4.78, 5) is 10.6. The lowest BCUT2D eigenvalue weighted by Gasteiger charge is -2.16. The number of aliphatic hydroxyl groups is 1. The Morgan fingerprint density at radius 2 is 1.42 bits per heavy atom. The molecule has 3 nitrogen and oxygen atoms in total. The Hall–Kier alpha value is -1.25. The quantitative estimate of drug-likeness (QED) is 0.484. The summed E-state index contributed by atoms with van der Waals surface area (Å²) in [6.45, 7) is 8.68. The van der Waals surface area contributed by atoms with Crippen LogP contribution in [0.2, 0.25) is 0 Å². The fraction of sp³-hybridized carbons (Fsp3) is 0.700. The van der Waals surface area contributed by atoms with Crippen LogP contribution in [0.25, 0.3) is 0 Å². The fourth-order valence-electron chi connectivity index (χ4n) is 0.500. The summed E-state index contributed by atoms with van der Waals surface area (Å²) < 4.78 is 70.6. The molecule has 0 rings (SSSR count). The van der Waals surface area contributed by atoms with Gasteiger partial charge in [0.15, 0.2) is 0 Å². The van der Waals surface area contributed by atoms with Gasteiger partial charge in [-0.25, -0.2) is 4.79 Å². The number of aliphatic hydroxyl groups excluding tert-OH is 1. The molecular weight excluding hydrogens is 282 g/mol. The zero-order chi connectivity index (χ0) is 16.0. The Labute approximate surface area is 105 Å². The molecule has 0 aliphatic rings. The minimum absolute atomic E-state index is 0.0470. The van der Waals surface area contributed by atoms with E-state index in [4.69, 9.17) is 9.84 Å². The molecule has 0 spiro atoms. The van der Waals surface area contributed by atoms with Crippen molar-refractivity contribution in [2.75, 3.05) is 0 Å². The molecule has 1 N–H and O–H groups in total. The number of rotatable bonds is 2. The highest BCUT2D eigenvalue weighted by molar-refractivity contribution is 5.87. The van der Waals surface area contributed by atoms with Gasteiger partial charge in [0.1, 0.15) is 0 Å². The van der Waals surface area contributed by atoms with Crippen molar-refractivity contribution in [1.82, 2.24) is 0 Å². The average Bonchev–Trinajstić information content (AvgIpc) is 2.13. The molecule has 0 fully saturated rings. The smallest absolute Gasteiger partial charge is 0.423 e. The predicted molar refractivity (Wildman–Crippen MR) is 54.2 cm³/mol. The maximum atomic E-state index is 11.0. The third-order valence-corrected chi connectivity index (χ3v) is 1.31. The van der Waals surface area contributed by atoms with Crippen molar-refractivity contribution in [3.63, 3.8) is 0 Å². The molecule has 9 heteroatoms. The molecule has 0 aromatic rings. The normalized spacial score (nSPS) is 12.0. The van der Waals surface area contributed by atoms with Gasteiger partial charge in [-0.05, 0) is 20.8 Å². The van der Waals surface area contributed by atoms with Crippen LogP contribution in [0.5, 0.6) is 0 Å². The van der Waals surface area contributed by atoms with Crippen LogP contribution in [0.3, 0.4) is 0 Å². The summed E-state index contributed by atoms with van der Waals surface area (Å²) >= 11 is 0. The first-order valence-corrected chi connectivity index (χ1v) is 4.87. The Kier molecular flexibility index (Phi) is 7.78. The van der Waals surface area contributed by atoms with E-state index in [2.05, 4.69) is 6.58 Å². The Morgan fingerprint density at radius 1 is 1.11 bits per heavy atom. The van der Waals surface area contributed by atoms with Crippen molar-refractivity contribution in [2.24, 2.45) is 0 Å². The lowest BCUT2D eigenvalue weighted by Crippen LogP contribution is -2.41. The average molecular weight is 296 g/mol. The zero-order valence-corrected chi connectivity index (χ0v) is 10.4. The third-order valence-electron chi connectivity index (χ3n) is 1.31. The predicted octanol–water partition coefficient (Wildman–Crippen LogP) is 2.99. The van der Waals surface area contributed by atoms with Crippen molar-refractivity contribution in [2.45, 2.75) is 45.3 Å². The summed E-state index contributed by atoms with van der Waals surface area (Å²) in [6, 6.07) is 0. The van der Waals surface area contributed by atoms with Crippen LogP contribution in [0, 0.1) is 0 Å². The van der Waals surface area contributed by atoms with Crippen LogP contribution in [0.4, 0.5) is 26.3 Å². The van der Waals surface area contributed by atoms with E-state index in [9.17, 15) is 31.1 Å². The fourth-order valence-corrected chi connectivity index (χ4v) is 0.500. The number of carbonyl (C=O) groups excluding carboxylic acids is 1. The topological polar surface area (TPSA) is 46.5 Å². The molecular formula is C10H14F6O3. The number of carbonyl (C=O) groups is 1. The molecule has 114 valence electrons. The van der Waals surface area contributed by atoms with Crippen molar-refractivity contribution in [3.05, 3.63) is 12.2 Å². The first kappa shape index (κ1) is 20.1. The van der Waals surface area contributed by atoms with Crippen LogP contribution in [-0.2, 0) is 9.53 Å². The van der Waals surface area contributed by atoms with Crippen LogP contribution in [0.1, 0.15) is 20.8 Å². The zero-order valence-electron chi connectivity index (χ0n) is 10.4. The summed E-state index contributed by atoms with van der Waals surface area (Å²) in [5.74, 6) is -0.315. The van der Waals surface area contributed by atoms with Gasteiger partial charge >= 0.3 is 18.3 Å². The summed E-state index contributed by atoms with van der Waals surface area (Å²) in [7, 11) is 0. The van der Waals surface area contributed by atoms with Crippen LogP contribution < -0.4 is 0 Å². The molecule has 0 radical (unpaired) electrons. The van der Waals surface area contributed by atoms with Gasteiger partial charge in [-0.3, -0.25) is 0 Å². The van der Waals surface area contributed by atoms with E-state index in [1.807, 2.05) is 0 Å². The van der Waals surface area contributed by atoms with Crippen molar-refractivity contribution in [3.8, 4) is 0 Å².